The summed E-state index contributed by atoms with van der Waals surface area (Å²) in [5, 5.41) is 3.10. The zero-order valence-corrected chi connectivity index (χ0v) is 11.4. The number of para-hydroxylation sites is 1. The highest BCUT2D eigenvalue weighted by Crippen LogP contribution is 2.31. The number of rotatable bonds is 4. The fourth-order valence-corrected chi connectivity index (χ4v) is 1.90. The SMILES string of the molecule is CNC(C)c1cc(F)ccc1Oc1ccccc1C. The van der Waals surface area contributed by atoms with Crippen LogP contribution in [0.15, 0.2) is 42.5 Å². The van der Waals surface area contributed by atoms with Crippen LogP contribution >= 0.6 is 0 Å². The molecule has 1 N–H and O–H groups in total. The summed E-state index contributed by atoms with van der Waals surface area (Å²) in [5.74, 6) is 1.21. The van der Waals surface area contributed by atoms with Crippen LogP contribution in [0.25, 0.3) is 0 Å². The van der Waals surface area contributed by atoms with E-state index in [0.29, 0.717) is 5.75 Å². The molecule has 0 aliphatic heterocycles. The van der Waals surface area contributed by atoms with Crippen LogP contribution < -0.4 is 10.1 Å². The second-order valence-corrected chi connectivity index (χ2v) is 4.56. The highest BCUT2D eigenvalue weighted by Gasteiger charge is 2.12. The smallest absolute Gasteiger partial charge is 0.132 e. The molecular formula is C16H18FNO. The van der Waals surface area contributed by atoms with Crippen molar-refractivity contribution in [1.82, 2.24) is 5.32 Å². The van der Waals surface area contributed by atoms with E-state index in [1.807, 2.05) is 45.2 Å². The molecule has 0 bridgehead atoms. The maximum absolute atomic E-state index is 13.4. The third kappa shape index (κ3) is 3.12. The van der Waals surface area contributed by atoms with Gasteiger partial charge in [-0.25, -0.2) is 4.39 Å². The van der Waals surface area contributed by atoms with Crippen molar-refractivity contribution in [1.29, 1.82) is 0 Å². The Bertz CT molecular complexity index is 568. The molecule has 0 amide bonds. The molecule has 0 aliphatic rings. The largest absolute Gasteiger partial charge is 0.457 e. The highest BCUT2D eigenvalue weighted by molar-refractivity contribution is 5.42. The molecule has 2 aromatic carbocycles. The first-order valence-electron chi connectivity index (χ1n) is 6.32. The number of halogens is 1. The van der Waals surface area contributed by atoms with E-state index in [1.54, 1.807) is 6.07 Å². The van der Waals surface area contributed by atoms with Gasteiger partial charge in [0.2, 0.25) is 0 Å². The highest BCUT2D eigenvalue weighted by atomic mass is 19.1. The molecule has 1 unspecified atom stereocenters. The summed E-state index contributed by atoms with van der Waals surface area (Å²) in [6.45, 7) is 3.96. The number of ether oxygens (including phenoxy) is 1. The zero-order chi connectivity index (χ0) is 13.8. The number of hydrogen-bond donors (Lipinski definition) is 1. The standard InChI is InChI=1S/C16H18FNO/c1-11-6-4-5-7-15(11)19-16-9-8-13(17)10-14(16)12(2)18-3/h4-10,12,18H,1-3H3. The van der Waals surface area contributed by atoms with Crippen LogP contribution in [0, 0.1) is 12.7 Å². The van der Waals surface area contributed by atoms with Crippen molar-refractivity contribution in [3.63, 3.8) is 0 Å². The van der Waals surface area contributed by atoms with E-state index in [0.717, 1.165) is 16.9 Å². The van der Waals surface area contributed by atoms with Crippen molar-refractivity contribution < 1.29 is 9.13 Å². The van der Waals surface area contributed by atoms with Crippen molar-refractivity contribution in [3.8, 4) is 11.5 Å². The van der Waals surface area contributed by atoms with Gasteiger partial charge in [0.25, 0.3) is 0 Å². The fourth-order valence-electron chi connectivity index (χ4n) is 1.90. The van der Waals surface area contributed by atoms with Crippen LogP contribution in [0.3, 0.4) is 0 Å². The van der Waals surface area contributed by atoms with Crippen LogP contribution in [0.5, 0.6) is 11.5 Å². The average molecular weight is 259 g/mol. The minimum absolute atomic E-state index is 0.0229. The first-order valence-corrected chi connectivity index (χ1v) is 6.32. The molecule has 0 aromatic heterocycles. The summed E-state index contributed by atoms with van der Waals surface area (Å²) in [5.41, 5.74) is 1.86. The van der Waals surface area contributed by atoms with Gasteiger partial charge in [0, 0.05) is 11.6 Å². The zero-order valence-electron chi connectivity index (χ0n) is 11.4. The molecular weight excluding hydrogens is 241 g/mol. The molecule has 0 spiro atoms. The Hall–Kier alpha value is -1.87. The normalized spacial score (nSPS) is 12.2. The minimum Gasteiger partial charge on any atom is -0.457 e. The van der Waals surface area contributed by atoms with Gasteiger partial charge in [0.15, 0.2) is 0 Å². The van der Waals surface area contributed by atoms with E-state index >= 15 is 0 Å². The van der Waals surface area contributed by atoms with E-state index in [4.69, 9.17) is 4.74 Å². The molecule has 0 aliphatic carbocycles. The molecule has 19 heavy (non-hydrogen) atoms. The third-order valence-corrected chi connectivity index (χ3v) is 3.18. The summed E-state index contributed by atoms with van der Waals surface area (Å²) in [6, 6.07) is 12.4. The summed E-state index contributed by atoms with van der Waals surface area (Å²) < 4.78 is 19.3. The lowest BCUT2D eigenvalue weighted by atomic mass is 10.1. The second kappa shape index (κ2) is 5.85. The van der Waals surface area contributed by atoms with Gasteiger partial charge in [-0.15, -0.1) is 0 Å². The number of hydrogen-bond acceptors (Lipinski definition) is 2. The fraction of sp³-hybridized carbons (Fsp3) is 0.250. The van der Waals surface area contributed by atoms with Gasteiger partial charge < -0.3 is 10.1 Å². The Morgan fingerprint density at radius 3 is 2.53 bits per heavy atom. The molecule has 2 rings (SSSR count). The first-order chi connectivity index (χ1) is 9.11. The van der Waals surface area contributed by atoms with Gasteiger partial charge >= 0.3 is 0 Å². The number of benzene rings is 2. The van der Waals surface area contributed by atoms with Crippen molar-refractivity contribution >= 4 is 0 Å². The Morgan fingerprint density at radius 2 is 1.84 bits per heavy atom. The predicted molar refractivity (Wildman–Crippen MR) is 75.1 cm³/mol. The molecule has 1 atom stereocenters. The topological polar surface area (TPSA) is 21.3 Å². The molecule has 0 saturated carbocycles. The first kappa shape index (κ1) is 13.6. The molecule has 3 heteroatoms. The lowest BCUT2D eigenvalue weighted by Crippen LogP contribution is -2.13. The summed E-state index contributed by atoms with van der Waals surface area (Å²) in [6.07, 6.45) is 0. The van der Waals surface area contributed by atoms with Crippen LogP contribution in [-0.2, 0) is 0 Å². The molecule has 100 valence electrons. The average Bonchev–Trinajstić information content (AvgIpc) is 2.42. The lowest BCUT2D eigenvalue weighted by molar-refractivity contribution is 0.460. The van der Waals surface area contributed by atoms with E-state index in [-0.39, 0.29) is 11.9 Å². The van der Waals surface area contributed by atoms with Gasteiger partial charge in [-0.05, 0) is 50.7 Å². The van der Waals surface area contributed by atoms with E-state index in [1.165, 1.54) is 12.1 Å². The van der Waals surface area contributed by atoms with Crippen LogP contribution in [-0.4, -0.2) is 7.05 Å². The number of aryl methyl sites for hydroxylation is 1. The molecule has 2 aromatic rings. The Labute approximate surface area is 113 Å². The molecule has 0 fully saturated rings. The van der Waals surface area contributed by atoms with E-state index < -0.39 is 0 Å². The third-order valence-electron chi connectivity index (χ3n) is 3.18. The van der Waals surface area contributed by atoms with E-state index in [9.17, 15) is 4.39 Å². The second-order valence-electron chi connectivity index (χ2n) is 4.56. The maximum Gasteiger partial charge on any atom is 0.132 e. The van der Waals surface area contributed by atoms with Gasteiger partial charge in [0.05, 0.1) is 0 Å². The summed E-state index contributed by atoms with van der Waals surface area (Å²) in [4.78, 5) is 0. The van der Waals surface area contributed by atoms with Crippen LogP contribution in [0.4, 0.5) is 4.39 Å². The molecule has 2 nitrogen and oxygen atoms in total. The van der Waals surface area contributed by atoms with Gasteiger partial charge in [-0.3, -0.25) is 0 Å². The van der Waals surface area contributed by atoms with Crippen molar-refractivity contribution in [3.05, 3.63) is 59.4 Å². The quantitative estimate of drug-likeness (QED) is 0.888. The van der Waals surface area contributed by atoms with Gasteiger partial charge in [0.1, 0.15) is 17.3 Å². The van der Waals surface area contributed by atoms with Crippen LogP contribution in [0.2, 0.25) is 0 Å². The Balaban J connectivity index is 2.37. The molecule has 0 radical (unpaired) electrons. The Kier molecular flexibility index (Phi) is 4.17. The van der Waals surface area contributed by atoms with Gasteiger partial charge in [-0.1, -0.05) is 18.2 Å². The summed E-state index contributed by atoms with van der Waals surface area (Å²) in [7, 11) is 1.84. The van der Waals surface area contributed by atoms with Crippen LogP contribution in [0.1, 0.15) is 24.1 Å². The van der Waals surface area contributed by atoms with E-state index in [2.05, 4.69) is 5.32 Å². The maximum atomic E-state index is 13.4. The van der Waals surface area contributed by atoms with Crippen molar-refractivity contribution in [2.75, 3.05) is 7.05 Å². The molecule has 0 saturated heterocycles. The Morgan fingerprint density at radius 1 is 1.11 bits per heavy atom. The lowest BCUT2D eigenvalue weighted by Gasteiger charge is -2.17. The van der Waals surface area contributed by atoms with Crippen molar-refractivity contribution in [2.45, 2.75) is 19.9 Å². The monoisotopic (exact) mass is 259 g/mol. The van der Waals surface area contributed by atoms with Gasteiger partial charge in [-0.2, -0.15) is 0 Å². The van der Waals surface area contributed by atoms with Crippen molar-refractivity contribution in [2.24, 2.45) is 0 Å². The predicted octanol–water partition coefficient (Wildman–Crippen LogP) is 4.21. The summed E-state index contributed by atoms with van der Waals surface area (Å²) >= 11 is 0. The molecule has 0 heterocycles. The minimum atomic E-state index is -0.255. The number of nitrogens with one attached hydrogen (secondary N) is 1.